The van der Waals surface area contributed by atoms with Gasteiger partial charge in [0.15, 0.2) is 0 Å². The fourth-order valence-corrected chi connectivity index (χ4v) is 4.01. The lowest BCUT2D eigenvalue weighted by Gasteiger charge is -2.33. The van der Waals surface area contributed by atoms with Crippen LogP contribution in [-0.2, 0) is 11.3 Å². The van der Waals surface area contributed by atoms with Crippen LogP contribution in [0, 0.1) is 0 Å². The minimum atomic E-state index is 0.179. The summed E-state index contributed by atoms with van der Waals surface area (Å²) in [7, 11) is 0. The molecule has 1 fully saturated rings. The molecule has 1 atom stereocenters. The van der Waals surface area contributed by atoms with Crippen molar-refractivity contribution in [1.82, 2.24) is 14.5 Å². The maximum absolute atomic E-state index is 13.0. The van der Waals surface area contributed by atoms with Gasteiger partial charge in [0.25, 0.3) is 0 Å². The van der Waals surface area contributed by atoms with Crippen molar-refractivity contribution in [3.05, 3.63) is 53.0 Å². The van der Waals surface area contributed by atoms with Crippen molar-refractivity contribution < 1.29 is 4.79 Å². The second-order valence-corrected chi connectivity index (χ2v) is 7.86. The summed E-state index contributed by atoms with van der Waals surface area (Å²) in [5.41, 5.74) is 2.94. The van der Waals surface area contributed by atoms with E-state index in [0.717, 1.165) is 46.3 Å². The van der Waals surface area contributed by atoms with Gasteiger partial charge in [0.2, 0.25) is 5.91 Å². The molecule has 2 heterocycles. The van der Waals surface area contributed by atoms with E-state index in [1.54, 1.807) is 0 Å². The van der Waals surface area contributed by atoms with Crippen molar-refractivity contribution in [1.29, 1.82) is 0 Å². The number of carbonyl (C=O) groups is 1. The van der Waals surface area contributed by atoms with Crippen LogP contribution >= 0.6 is 15.9 Å². The molecular weight excluding hydrogens is 390 g/mol. The number of nitrogens with zero attached hydrogens (tertiary/aromatic N) is 3. The molecule has 0 saturated carbocycles. The van der Waals surface area contributed by atoms with E-state index in [-0.39, 0.29) is 5.91 Å². The Morgan fingerprint density at radius 1 is 1.15 bits per heavy atom. The lowest BCUT2D eigenvalue weighted by molar-refractivity contribution is -0.134. The molecule has 4 rings (SSSR count). The summed E-state index contributed by atoms with van der Waals surface area (Å²) >= 11 is 3.48. The van der Waals surface area contributed by atoms with Gasteiger partial charge in [-0.1, -0.05) is 40.2 Å². The van der Waals surface area contributed by atoms with Crippen LogP contribution in [0.1, 0.15) is 26.2 Å². The van der Waals surface area contributed by atoms with Crippen molar-refractivity contribution in [2.75, 3.05) is 6.54 Å². The summed E-state index contributed by atoms with van der Waals surface area (Å²) in [6, 6.07) is 16.4. The van der Waals surface area contributed by atoms with Gasteiger partial charge in [0.1, 0.15) is 12.4 Å². The normalized spacial score (nSPS) is 17.6. The lowest BCUT2D eigenvalue weighted by atomic mass is 10.0. The summed E-state index contributed by atoms with van der Waals surface area (Å²) in [4.78, 5) is 19.9. The number of piperidine rings is 1. The Morgan fingerprint density at radius 2 is 1.92 bits per heavy atom. The van der Waals surface area contributed by atoms with E-state index in [9.17, 15) is 4.79 Å². The molecule has 1 saturated heterocycles. The van der Waals surface area contributed by atoms with Crippen molar-refractivity contribution in [2.45, 2.75) is 38.8 Å². The molecular formula is C21H22BrN3O. The Labute approximate surface area is 162 Å². The Balaban J connectivity index is 1.74. The summed E-state index contributed by atoms with van der Waals surface area (Å²) < 4.78 is 3.09. The highest BCUT2D eigenvalue weighted by molar-refractivity contribution is 9.10. The third-order valence-corrected chi connectivity index (χ3v) is 5.70. The molecule has 26 heavy (non-hydrogen) atoms. The zero-order valence-corrected chi connectivity index (χ0v) is 16.4. The number of hydrogen-bond donors (Lipinski definition) is 0. The SMILES string of the molecule is CC1CCCCN1C(=O)Cn1c(-c2ccc(Br)cc2)nc2ccccc21. The smallest absolute Gasteiger partial charge is 0.242 e. The predicted octanol–water partition coefficient (Wildman–Crippen LogP) is 4.87. The Kier molecular flexibility index (Phi) is 4.81. The second kappa shape index (κ2) is 7.23. The maximum atomic E-state index is 13.0. The van der Waals surface area contributed by atoms with Crippen LogP contribution in [-0.4, -0.2) is 32.9 Å². The van der Waals surface area contributed by atoms with Crippen LogP contribution in [0.4, 0.5) is 0 Å². The molecule has 0 radical (unpaired) electrons. The van der Waals surface area contributed by atoms with Crippen molar-refractivity contribution in [3.63, 3.8) is 0 Å². The number of halogens is 1. The average Bonchev–Trinajstić information content (AvgIpc) is 3.01. The molecule has 1 aliphatic heterocycles. The molecule has 5 heteroatoms. The molecule has 0 N–H and O–H groups in total. The predicted molar refractivity (Wildman–Crippen MR) is 108 cm³/mol. The number of para-hydroxylation sites is 2. The van der Waals surface area contributed by atoms with Gasteiger partial charge in [-0.2, -0.15) is 0 Å². The number of carbonyl (C=O) groups excluding carboxylic acids is 1. The number of aromatic nitrogens is 2. The first-order chi connectivity index (χ1) is 12.6. The first-order valence-electron chi connectivity index (χ1n) is 9.14. The Morgan fingerprint density at radius 3 is 2.69 bits per heavy atom. The molecule has 1 aromatic heterocycles. The van der Waals surface area contributed by atoms with Crippen LogP contribution in [0.3, 0.4) is 0 Å². The van der Waals surface area contributed by atoms with Crippen molar-refractivity contribution in [3.8, 4) is 11.4 Å². The zero-order valence-electron chi connectivity index (χ0n) is 14.9. The molecule has 1 unspecified atom stereocenters. The topological polar surface area (TPSA) is 38.1 Å². The van der Waals surface area contributed by atoms with Gasteiger partial charge in [-0.05, 0) is 50.5 Å². The molecule has 134 valence electrons. The fraction of sp³-hybridized carbons (Fsp3) is 0.333. The average molecular weight is 412 g/mol. The Bertz CT molecular complexity index is 932. The number of benzene rings is 2. The minimum absolute atomic E-state index is 0.179. The van der Waals surface area contributed by atoms with Gasteiger partial charge in [-0.15, -0.1) is 0 Å². The second-order valence-electron chi connectivity index (χ2n) is 6.95. The van der Waals surface area contributed by atoms with E-state index in [2.05, 4.69) is 27.4 Å². The summed E-state index contributed by atoms with van der Waals surface area (Å²) in [6.07, 6.45) is 3.40. The van der Waals surface area contributed by atoms with Crippen LogP contribution in [0.15, 0.2) is 53.0 Å². The first-order valence-corrected chi connectivity index (χ1v) is 9.93. The van der Waals surface area contributed by atoms with Crippen LogP contribution < -0.4 is 0 Å². The quantitative estimate of drug-likeness (QED) is 0.616. The maximum Gasteiger partial charge on any atom is 0.242 e. The van der Waals surface area contributed by atoms with Gasteiger partial charge in [0.05, 0.1) is 11.0 Å². The summed E-state index contributed by atoms with van der Waals surface area (Å²) in [5, 5.41) is 0. The van der Waals surface area contributed by atoms with Gasteiger partial charge < -0.3 is 9.47 Å². The Hall–Kier alpha value is -2.14. The van der Waals surface area contributed by atoms with Crippen molar-refractivity contribution in [2.24, 2.45) is 0 Å². The number of amides is 1. The molecule has 2 aromatic carbocycles. The van der Waals surface area contributed by atoms with Gasteiger partial charge in [-0.3, -0.25) is 4.79 Å². The van der Waals surface area contributed by atoms with E-state index in [1.807, 2.05) is 53.4 Å². The number of hydrogen-bond acceptors (Lipinski definition) is 2. The number of rotatable bonds is 3. The summed E-state index contributed by atoms with van der Waals surface area (Å²) in [5.74, 6) is 1.02. The molecule has 0 bridgehead atoms. The standard InChI is InChI=1S/C21H22BrN3O/c1-15-6-4-5-13-24(15)20(26)14-25-19-8-3-2-7-18(19)23-21(25)16-9-11-17(22)12-10-16/h2-3,7-12,15H,4-6,13-14H2,1H3. The molecule has 0 spiro atoms. The number of likely N-dealkylation sites (tertiary alicyclic amines) is 1. The van der Waals surface area contributed by atoms with Crippen molar-refractivity contribution >= 4 is 32.9 Å². The minimum Gasteiger partial charge on any atom is -0.338 e. The van der Waals surface area contributed by atoms with E-state index < -0.39 is 0 Å². The number of imidazole rings is 1. The van der Waals surface area contributed by atoms with Crippen LogP contribution in [0.5, 0.6) is 0 Å². The van der Waals surface area contributed by atoms with Crippen LogP contribution in [0.2, 0.25) is 0 Å². The third-order valence-electron chi connectivity index (χ3n) is 5.17. The van der Waals surface area contributed by atoms with Gasteiger partial charge >= 0.3 is 0 Å². The molecule has 3 aromatic rings. The highest BCUT2D eigenvalue weighted by atomic mass is 79.9. The third kappa shape index (κ3) is 3.28. The zero-order chi connectivity index (χ0) is 18.1. The highest BCUT2D eigenvalue weighted by Crippen LogP contribution is 2.27. The highest BCUT2D eigenvalue weighted by Gasteiger charge is 2.24. The van der Waals surface area contributed by atoms with Gasteiger partial charge in [-0.25, -0.2) is 4.98 Å². The summed E-state index contributed by atoms with van der Waals surface area (Å²) in [6.45, 7) is 3.34. The fourth-order valence-electron chi connectivity index (χ4n) is 3.75. The van der Waals surface area contributed by atoms with E-state index in [1.165, 1.54) is 6.42 Å². The van der Waals surface area contributed by atoms with E-state index in [4.69, 9.17) is 4.98 Å². The van der Waals surface area contributed by atoms with E-state index in [0.29, 0.717) is 12.6 Å². The molecule has 1 aliphatic rings. The largest absolute Gasteiger partial charge is 0.338 e. The monoisotopic (exact) mass is 411 g/mol. The van der Waals surface area contributed by atoms with Gasteiger partial charge in [0, 0.05) is 22.6 Å². The number of fused-ring (bicyclic) bond motifs is 1. The first kappa shape index (κ1) is 17.3. The molecule has 0 aliphatic carbocycles. The van der Waals surface area contributed by atoms with Crippen LogP contribution in [0.25, 0.3) is 22.4 Å². The molecule has 4 nitrogen and oxygen atoms in total. The molecule has 1 amide bonds. The van der Waals surface area contributed by atoms with E-state index >= 15 is 0 Å². The lowest BCUT2D eigenvalue weighted by Crippen LogP contribution is -2.43.